The molecule has 1 rings (SSSR count). The molecule has 19 heavy (non-hydrogen) atoms. The minimum absolute atomic E-state index is 0.0259. The van der Waals surface area contributed by atoms with E-state index in [0.717, 1.165) is 17.7 Å². The van der Waals surface area contributed by atoms with Gasteiger partial charge in [0.25, 0.3) is 0 Å². The van der Waals surface area contributed by atoms with Crippen molar-refractivity contribution >= 4 is 5.91 Å². The molecule has 0 aliphatic heterocycles. The number of aryl methyl sites for hydroxylation is 1. The van der Waals surface area contributed by atoms with Gasteiger partial charge < -0.3 is 11.1 Å². The average molecular weight is 263 g/mol. The number of nitrogens with two attached hydrogens (primary N) is 1. The van der Waals surface area contributed by atoms with Crippen LogP contribution >= 0.6 is 0 Å². The molecule has 1 amide bonds. The monoisotopic (exact) mass is 263 g/mol. The SMILES string of the molecule is Cc1ccc(CNC(=O)C(CN)CC(C)(C)C)cn1. The Balaban J connectivity index is 2.51. The second-order valence-corrected chi connectivity index (χ2v) is 6.22. The third kappa shape index (κ3) is 5.83. The maximum absolute atomic E-state index is 12.1. The Labute approximate surface area is 115 Å². The van der Waals surface area contributed by atoms with E-state index < -0.39 is 0 Å². The van der Waals surface area contributed by atoms with E-state index in [1.54, 1.807) is 6.20 Å². The van der Waals surface area contributed by atoms with E-state index in [2.05, 4.69) is 31.1 Å². The van der Waals surface area contributed by atoms with Gasteiger partial charge in [-0.1, -0.05) is 26.8 Å². The van der Waals surface area contributed by atoms with Crippen LogP contribution in [0.3, 0.4) is 0 Å². The van der Waals surface area contributed by atoms with E-state index in [0.29, 0.717) is 13.1 Å². The molecule has 0 aromatic carbocycles. The van der Waals surface area contributed by atoms with Crippen LogP contribution in [0.4, 0.5) is 0 Å². The highest BCUT2D eigenvalue weighted by Gasteiger charge is 2.23. The van der Waals surface area contributed by atoms with Gasteiger partial charge in [0.05, 0.1) is 5.92 Å². The lowest BCUT2D eigenvalue weighted by atomic mass is 9.84. The number of carbonyl (C=O) groups excluding carboxylic acids is 1. The van der Waals surface area contributed by atoms with Gasteiger partial charge in [-0.3, -0.25) is 9.78 Å². The predicted molar refractivity (Wildman–Crippen MR) is 77.4 cm³/mol. The minimum Gasteiger partial charge on any atom is -0.352 e. The van der Waals surface area contributed by atoms with Crippen LogP contribution in [0.15, 0.2) is 18.3 Å². The van der Waals surface area contributed by atoms with Crippen molar-refractivity contribution in [2.75, 3.05) is 6.54 Å². The normalized spacial score (nSPS) is 13.1. The number of nitrogens with one attached hydrogen (secondary N) is 1. The molecule has 1 aromatic heterocycles. The van der Waals surface area contributed by atoms with Crippen LogP contribution in [0, 0.1) is 18.3 Å². The molecule has 0 radical (unpaired) electrons. The van der Waals surface area contributed by atoms with Gasteiger partial charge in [-0.2, -0.15) is 0 Å². The van der Waals surface area contributed by atoms with Crippen molar-refractivity contribution in [3.05, 3.63) is 29.6 Å². The van der Waals surface area contributed by atoms with Crippen LogP contribution in [0.25, 0.3) is 0 Å². The maximum atomic E-state index is 12.1. The number of aromatic nitrogens is 1. The highest BCUT2D eigenvalue weighted by Crippen LogP contribution is 2.24. The Morgan fingerprint density at radius 2 is 2.11 bits per heavy atom. The van der Waals surface area contributed by atoms with Crippen molar-refractivity contribution in [3.63, 3.8) is 0 Å². The Morgan fingerprint density at radius 1 is 1.42 bits per heavy atom. The number of hydrogen-bond acceptors (Lipinski definition) is 3. The Hall–Kier alpha value is -1.42. The second kappa shape index (κ2) is 6.66. The van der Waals surface area contributed by atoms with E-state index in [-0.39, 0.29) is 17.2 Å². The molecule has 0 spiro atoms. The molecule has 3 N–H and O–H groups in total. The zero-order valence-electron chi connectivity index (χ0n) is 12.4. The van der Waals surface area contributed by atoms with Crippen LogP contribution in [0.1, 0.15) is 38.4 Å². The van der Waals surface area contributed by atoms with Crippen molar-refractivity contribution in [3.8, 4) is 0 Å². The molecule has 0 fully saturated rings. The molecule has 1 atom stereocenters. The first-order valence-electron chi connectivity index (χ1n) is 6.71. The van der Waals surface area contributed by atoms with Crippen molar-refractivity contribution in [1.29, 1.82) is 0 Å². The van der Waals surface area contributed by atoms with Crippen LogP contribution in [0.5, 0.6) is 0 Å². The third-order valence-electron chi connectivity index (χ3n) is 2.95. The van der Waals surface area contributed by atoms with Crippen LogP contribution in [0.2, 0.25) is 0 Å². The highest BCUT2D eigenvalue weighted by molar-refractivity contribution is 5.78. The van der Waals surface area contributed by atoms with Gasteiger partial charge in [0.15, 0.2) is 0 Å². The lowest BCUT2D eigenvalue weighted by molar-refractivity contribution is -0.125. The number of nitrogens with zero attached hydrogens (tertiary/aromatic N) is 1. The lowest BCUT2D eigenvalue weighted by Gasteiger charge is -2.24. The fourth-order valence-corrected chi connectivity index (χ4v) is 1.96. The van der Waals surface area contributed by atoms with Gasteiger partial charge in [0, 0.05) is 25.0 Å². The number of carbonyl (C=O) groups is 1. The molecule has 0 aliphatic carbocycles. The maximum Gasteiger partial charge on any atom is 0.224 e. The molecule has 1 aromatic rings. The predicted octanol–water partition coefficient (Wildman–Crippen LogP) is 2.02. The lowest BCUT2D eigenvalue weighted by Crippen LogP contribution is -2.36. The van der Waals surface area contributed by atoms with Gasteiger partial charge in [-0.15, -0.1) is 0 Å². The summed E-state index contributed by atoms with van der Waals surface area (Å²) in [6, 6.07) is 3.92. The standard InChI is InChI=1S/C15H25N3O/c1-11-5-6-12(9-17-11)10-18-14(19)13(8-16)7-15(2,3)4/h5-6,9,13H,7-8,10,16H2,1-4H3,(H,18,19). The molecule has 4 heteroatoms. The first-order valence-corrected chi connectivity index (χ1v) is 6.71. The summed E-state index contributed by atoms with van der Waals surface area (Å²) >= 11 is 0. The zero-order chi connectivity index (χ0) is 14.5. The fraction of sp³-hybridized carbons (Fsp3) is 0.600. The molecule has 0 aliphatic rings. The van der Waals surface area contributed by atoms with Crippen LogP contribution in [-0.4, -0.2) is 17.4 Å². The fourth-order valence-electron chi connectivity index (χ4n) is 1.96. The Bertz CT molecular complexity index is 406. The molecule has 106 valence electrons. The molecular weight excluding hydrogens is 238 g/mol. The quantitative estimate of drug-likeness (QED) is 0.854. The summed E-state index contributed by atoms with van der Waals surface area (Å²) in [5.41, 5.74) is 7.78. The van der Waals surface area contributed by atoms with Crippen LogP contribution in [-0.2, 0) is 11.3 Å². The van der Waals surface area contributed by atoms with Crippen molar-refractivity contribution in [1.82, 2.24) is 10.3 Å². The molecule has 1 unspecified atom stereocenters. The van der Waals surface area contributed by atoms with Gasteiger partial charge >= 0.3 is 0 Å². The summed E-state index contributed by atoms with van der Waals surface area (Å²) in [4.78, 5) is 16.3. The van der Waals surface area contributed by atoms with E-state index in [4.69, 9.17) is 5.73 Å². The number of pyridine rings is 1. The number of hydrogen-bond donors (Lipinski definition) is 2. The van der Waals surface area contributed by atoms with E-state index in [1.807, 2.05) is 19.1 Å². The smallest absolute Gasteiger partial charge is 0.224 e. The Kier molecular flexibility index (Phi) is 5.48. The van der Waals surface area contributed by atoms with Gasteiger partial charge in [-0.25, -0.2) is 0 Å². The number of rotatable bonds is 5. The summed E-state index contributed by atoms with van der Waals surface area (Å²) in [5.74, 6) is -0.101. The zero-order valence-corrected chi connectivity index (χ0v) is 12.4. The molecule has 1 heterocycles. The van der Waals surface area contributed by atoms with E-state index in [1.165, 1.54) is 0 Å². The molecule has 0 saturated heterocycles. The Morgan fingerprint density at radius 3 is 2.58 bits per heavy atom. The summed E-state index contributed by atoms with van der Waals surface area (Å²) in [6.07, 6.45) is 2.58. The van der Waals surface area contributed by atoms with Crippen molar-refractivity contribution < 1.29 is 4.79 Å². The van der Waals surface area contributed by atoms with Gasteiger partial charge in [-0.05, 0) is 30.4 Å². The van der Waals surface area contributed by atoms with Gasteiger partial charge in [0.1, 0.15) is 0 Å². The highest BCUT2D eigenvalue weighted by atomic mass is 16.1. The summed E-state index contributed by atoms with van der Waals surface area (Å²) < 4.78 is 0. The molecule has 0 saturated carbocycles. The average Bonchev–Trinajstić information content (AvgIpc) is 2.34. The van der Waals surface area contributed by atoms with E-state index in [9.17, 15) is 4.79 Å². The van der Waals surface area contributed by atoms with Gasteiger partial charge in [0.2, 0.25) is 5.91 Å². The molecule has 4 nitrogen and oxygen atoms in total. The van der Waals surface area contributed by atoms with Crippen LogP contribution < -0.4 is 11.1 Å². The largest absolute Gasteiger partial charge is 0.352 e. The topological polar surface area (TPSA) is 68.0 Å². The first kappa shape index (κ1) is 15.6. The minimum atomic E-state index is -0.126. The first-order chi connectivity index (χ1) is 8.81. The second-order valence-electron chi connectivity index (χ2n) is 6.22. The summed E-state index contributed by atoms with van der Waals surface area (Å²) in [6.45, 7) is 9.19. The molecular formula is C15H25N3O. The summed E-state index contributed by atoms with van der Waals surface area (Å²) in [7, 11) is 0. The third-order valence-corrected chi connectivity index (χ3v) is 2.95. The van der Waals surface area contributed by atoms with Crippen molar-refractivity contribution in [2.45, 2.75) is 40.7 Å². The summed E-state index contributed by atoms with van der Waals surface area (Å²) in [5, 5.41) is 2.93. The number of amides is 1. The van der Waals surface area contributed by atoms with Crippen molar-refractivity contribution in [2.24, 2.45) is 17.1 Å². The molecule has 0 bridgehead atoms. The van der Waals surface area contributed by atoms with E-state index >= 15 is 0 Å².